The van der Waals surface area contributed by atoms with Crippen molar-refractivity contribution in [2.75, 3.05) is 44.3 Å². The van der Waals surface area contributed by atoms with Gasteiger partial charge in [0.15, 0.2) is 0 Å². The molecule has 31 heavy (non-hydrogen) atoms. The number of halogens is 2. The molecule has 0 unspecified atom stereocenters. The second-order valence-electron chi connectivity index (χ2n) is 8.76. The molecule has 9 heteroatoms. The molecule has 1 atom stereocenters. The van der Waals surface area contributed by atoms with Crippen molar-refractivity contribution in [1.82, 2.24) is 9.80 Å². The van der Waals surface area contributed by atoms with Crippen molar-refractivity contribution in [2.24, 2.45) is 0 Å². The monoisotopic (exact) mass is 469 g/mol. The molecule has 1 spiro atoms. The quantitative estimate of drug-likeness (QED) is 0.682. The fraction of sp³-hybridized carbons (Fsp3) is 0.636. The third-order valence-corrected chi connectivity index (χ3v) is 7.60. The minimum Gasteiger partial charge on any atom is -0.388 e. The highest BCUT2D eigenvalue weighted by Gasteiger charge is 2.57. The van der Waals surface area contributed by atoms with Crippen molar-refractivity contribution in [3.63, 3.8) is 0 Å². The average molecular weight is 470 g/mol. The second kappa shape index (κ2) is 8.87. The summed E-state index contributed by atoms with van der Waals surface area (Å²) in [6, 6.07) is 4.50. The van der Waals surface area contributed by atoms with Crippen LogP contribution in [-0.4, -0.2) is 77.4 Å². The van der Waals surface area contributed by atoms with Gasteiger partial charge >= 0.3 is 6.03 Å². The van der Waals surface area contributed by atoms with Crippen molar-refractivity contribution >= 4 is 40.8 Å². The molecule has 0 radical (unpaired) electrons. The second-order valence-corrected chi connectivity index (χ2v) is 9.58. The van der Waals surface area contributed by atoms with Crippen LogP contribution in [0.4, 0.5) is 10.5 Å². The molecule has 3 aliphatic rings. The number of anilines is 1. The first-order valence-electron chi connectivity index (χ1n) is 10.9. The summed E-state index contributed by atoms with van der Waals surface area (Å²) in [5.41, 5.74) is -1.18. The molecule has 3 saturated heterocycles. The summed E-state index contributed by atoms with van der Waals surface area (Å²) in [6.45, 7) is 5.50. The molecule has 3 aliphatic heterocycles. The molecule has 1 N–H and O–H groups in total. The number of β-amino-alcohol motifs (C(OH)–C–C–N with tert-alkyl or cyclic N) is 1. The van der Waals surface area contributed by atoms with E-state index in [4.69, 9.17) is 27.9 Å². The van der Waals surface area contributed by atoms with Gasteiger partial charge in [-0.05, 0) is 50.9 Å². The number of imide groups is 1. The van der Waals surface area contributed by atoms with Crippen molar-refractivity contribution in [3.05, 3.63) is 28.2 Å². The maximum absolute atomic E-state index is 13.7. The first-order valence-corrected chi connectivity index (χ1v) is 11.7. The van der Waals surface area contributed by atoms with E-state index >= 15 is 0 Å². The van der Waals surface area contributed by atoms with E-state index in [9.17, 15) is 14.7 Å². The Kier molecular flexibility index (Phi) is 6.52. The standard InChI is InChI=1S/C22H29Cl2N3O4/c1-2-26-20(29)27(16-4-5-17(23)18(24)14-16)19(28)22(26)6-3-10-25(11-7-22)15-21(30)8-12-31-13-9-21/h4-5,14,30H,2-3,6-13,15H2,1H3/t22-/m1/s1. The number of carbonyl (C=O) groups is 2. The summed E-state index contributed by atoms with van der Waals surface area (Å²) in [4.78, 5) is 32.1. The van der Waals surface area contributed by atoms with E-state index < -0.39 is 11.1 Å². The number of likely N-dealkylation sites (N-methyl/N-ethyl adjacent to an activating group) is 1. The Labute approximate surface area is 192 Å². The van der Waals surface area contributed by atoms with Gasteiger partial charge in [0.25, 0.3) is 5.91 Å². The zero-order valence-electron chi connectivity index (χ0n) is 17.8. The van der Waals surface area contributed by atoms with E-state index in [1.165, 1.54) is 4.90 Å². The Morgan fingerprint density at radius 2 is 1.81 bits per heavy atom. The molecule has 1 aromatic rings. The molecular formula is C22H29Cl2N3O4. The Balaban J connectivity index is 1.56. The Morgan fingerprint density at radius 3 is 2.48 bits per heavy atom. The summed E-state index contributed by atoms with van der Waals surface area (Å²) in [6.07, 6.45) is 3.16. The van der Waals surface area contributed by atoms with Crippen molar-refractivity contribution in [2.45, 2.75) is 50.2 Å². The van der Waals surface area contributed by atoms with Crippen LogP contribution < -0.4 is 4.90 Å². The lowest BCUT2D eigenvalue weighted by molar-refractivity contribution is -0.125. The molecule has 3 heterocycles. The average Bonchev–Trinajstić information content (AvgIpc) is 2.85. The first-order chi connectivity index (χ1) is 14.8. The van der Waals surface area contributed by atoms with Gasteiger partial charge in [0, 0.05) is 45.7 Å². The highest BCUT2D eigenvalue weighted by molar-refractivity contribution is 6.42. The number of benzene rings is 1. The zero-order valence-corrected chi connectivity index (χ0v) is 19.3. The minimum absolute atomic E-state index is 0.204. The molecule has 7 nitrogen and oxygen atoms in total. The molecule has 1 aromatic carbocycles. The topological polar surface area (TPSA) is 73.3 Å². The molecule has 4 rings (SSSR count). The number of likely N-dealkylation sites (tertiary alicyclic amines) is 1. The number of amides is 3. The van der Waals surface area contributed by atoms with Gasteiger partial charge in [-0.2, -0.15) is 0 Å². The lowest BCUT2D eigenvalue weighted by Crippen LogP contribution is -2.51. The summed E-state index contributed by atoms with van der Waals surface area (Å²) >= 11 is 12.2. The van der Waals surface area contributed by atoms with Gasteiger partial charge in [-0.15, -0.1) is 0 Å². The van der Waals surface area contributed by atoms with Crippen LogP contribution in [0.15, 0.2) is 18.2 Å². The Hall–Kier alpha value is -1.38. The Morgan fingerprint density at radius 1 is 1.06 bits per heavy atom. The molecule has 0 aliphatic carbocycles. The number of aliphatic hydroxyl groups is 1. The van der Waals surface area contributed by atoms with Crippen LogP contribution in [0.25, 0.3) is 0 Å². The van der Waals surface area contributed by atoms with Crippen LogP contribution in [0.5, 0.6) is 0 Å². The zero-order chi connectivity index (χ0) is 22.2. The van der Waals surface area contributed by atoms with Gasteiger partial charge in [-0.25, -0.2) is 9.69 Å². The fourth-order valence-corrected chi connectivity index (χ4v) is 5.44. The van der Waals surface area contributed by atoms with E-state index in [-0.39, 0.29) is 11.9 Å². The van der Waals surface area contributed by atoms with Crippen LogP contribution in [0.2, 0.25) is 10.0 Å². The van der Waals surface area contributed by atoms with Crippen molar-refractivity contribution in [3.8, 4) is 0 Å². The molecule has 3 amide bonds. The van der Waals surface area contributed by atoms with Gasteiger partial charge in [0.2, 0.25) is 0 Å². The smallest absolute Gasteiger partial charge is 0.332 e. The SMILES string of the molecule is CCN1C(=O)N(c2ccc(Cl)c(Cl)c2)C(=O)[C@]12CCCN(CC1(O)CCOCC1)CC2. The predicted octanol–water partition coefficient (Wildman–Crippen LogP) is 3.55. The Bertz CT molecular complexity index is 861. The van der Waals surface area contributed by atoms with Gasteiger partial charge < -0.3 is 19.6 Å². The van der Waals surface area contributed by atoms with Gasteiger partial charge in [-0.1, -0.05) is 23.2 Å². The van der Waals surface area contributed by atoms with E-state index in [1.54, 1.807) is 23.1 Å². The lowest BCUT2D eigenvalue weighted by atomic mass is 9.88. The summed E-state index contributed by atoms with van der Waals surface area (Å²) in [7, 11) is 0. The van der Waals surface area contributed by atoms with E-state index in [0.29, 0.717) is 74.3 Å². The minimum atomic E-state index is -0.870. The normalized spacial score (nSPS) is 27.2. The first kappa shape index (κ1) is 22.8. The molecule has 170 valence electrons. The number of ether oxygens (including phenoxy) is 1. The fourth-order valence-electron chi connectivity index (χ4n) is 5.15. The highest BCUT2D eigenvalue weighted by Crippen LogP contribution is 2.40. The largest absolute Gasteiger partial charge is 0.388 e. The maximum atomic E-state index is 13.7. The summed E-state index contributed by atoms with van der Waals surface area (Å²) < 4.78 is 5.39. The van der Waals surface area contributed by atoms with Gasteiger partial charge in [-0.3, -0.25) is 4.79 Å². The number of rotatable bonds is 4. The lowest BCUT2D eigenvalue weighted by Gasteiger charge is -2.37. The molecule has 3 fully saturated rings. The molecule has 0 aromatic heterocycles. The van der Waals surface area contributed by atoms with Crippen LogP contribution in [-0.2, 0) is 9.53 Å². The number of carbonyl (C=O) groups excluding carboxylic acids is 2. The van der Waals surface area contributed by atoms with Crippen LogP contribution >= 0.6 is 23.2 Å². The number of nitrogens with zero attached hydrogens (tertiary/aromatic N) is 3. The highest BCUT2D eigenvalue weighted by atomic mass is 35.5. The third kappa shape index (κ3) is 4.18. The number of hydrogen-bond donors (Lipinski definition) is 1. The van der Waals surface area contributed by atoms with E-state index in [2.05, 4.69) is 4.90 Å². The van der Waals surface area contributed by atoms with E-state index in [1.807, 2.05) is 6.92 Å². The van der Waals surface area contributed by atoms with Crippen LogP contribution in [0, 0.1) is 0 Å². The summed E-state index contributed by atoms with van der Waals surface area (Å²) in [5.74, 6) is -0.204. The van der Waals surface area contributed by atoms with Crippen LogP contribution in [0.3, 0.4) is 0 Å². The van der Waals surface area contributed by atoms with Crippen molar-refractivity contribution < 1.29 is 19.4 Å². The van der Waals surface area contributed by atoms with Crippen molar-refractivity contribution in [1.29, 1.82) is 0 Å². The third-order valence-electron chi connectivity index (χ3n) is 6.87. The van der Waals surface area contributed by atoms with Gasteiger partial charge in [0.1, 0.15) is 5.54 Å². The molecular weight excluding hydrogens is 441 g/mol. The maximum Gasteiger partial charge on any atom is 0.332 e. The number of hydrogen-bond acceptors (Lipinski definition) is 5. The molecule has 0 bridgehead atoms. The predicted molar refractivity (Wildman–Crippen MR) is 120 cm³/mol. The van der Waals surface area contributed by atoms with E-state index in [0.717, 1.165) is 13.0 Å². The number of urea groups is 1. The van der Waals surface area contributed by atoms with Gasteiger partial charge in [0.05, 0.1) is 21.3 Å². The van der Waals surface area contributed by atoms with Crippen LogP contribution in [0.1, 0.15) is 39.0 Å². The molecule has 0 saturated carbocycles. The summed E-state index contributed by atoms with van der Waals surface area (Å²) in [5, 5.41) is 11.6.